The number of nitrogens with zero attached hydrogens (tertiary/aromatic N) is 4. The number of aldehydes is 2. The molecule has 1 unspecified atom stereocenters. The third kappa shape index (κ3) is 11.3. The molecule has 10 nitrogen and oxygen atoms in total. The van der Waals surface area contributed by atoms with Crippen LogP contribution in [0.25, 0.3) is 0 Å². The highest BCUT2D eigenvalue weighted by molar-refractivity contribution is 5.68. The fraction of sp³-hybridized carbons (Fsp3) is 0.581. The van der Waals surface area contributed by atoms with E-state index in [4.69, 9.17) is 4.74 Å². The van der Waals surface area contributed by atoms with Gasteiger partial charge in [0.1, 0.15) is 24.0 Å². The minimum Gasteiger partial charge on any atom is -0.439 e. The molecular formula is C31H46N4O6. The van der Waals surface area contributed by atoms with Crippen molar-refractivity contribution in [2.24, 2.45) is 11.8 Å². The van der Waals surface area contributed by atoms with E-state index in [1.165, 1.54) is 0 Å². The lowest BCUT2D eigenvalue weighted by Gasteiger charge is -2.36. The number of aliphatic hydroxyl groups is 2. The summed E-state index contributed by atoms with van der Waals surface area (Å²) in [5.74, 6) is 0.0251. The summed E-state index contributed by atoms with van der Waals surface area (Å²) >= 11 is 0. The Balaban J connectivity index is 2.16. The first-order valence-corrected chi connectivity index (χ1v) is 14.2. The first-order chi connectivity index (χ1) is 19.5. The third-order valence-electron chi connectivity index (χ3n) is 7.53. The standard InChI is InChI=1S/C31H46N4O6/c1-23(8-6-9-25(3)29-32-15-7-16-33-29)27(22-37)24(2)10-11-28(31(4,40)14-12-26(38)13-21-36)41-30(39)35-19-17-34(5)18-20-35/h6-11,15-16,21-22,24-28,38,40H,12-14,17-20H2,1-5H3/b9-6+,11-10+,23-8+/t24-,25?,26-,27+,28-,31-/m0/s1. The van der Waals surface area contributed by atoms with Gasteiger partial charge in [-0.25, -0.2) is 14.8 Å². The van der Waals surface area contributed by atoms with Crippen molar-refractivity contribution in [3.05, 3.63) is 60.2 Å². The molecule has 226 valence electrons. The molecule has 0 bridgehead atoms. The molecule has 0 saturated carbocycles. The molecule has 1 saturated heterocycles. The summed E-state index contributed by atoms with van der Waals surface area (Å²) in [7, 11) is 1.99. The molecule has 1 aromatic heterocycles. The summed E-state index contributed by atoms with van der Waals surface area (Å²) in [5.41, 5.74) is -0.660. The van der Waals surface area contributed by atoms with Crippen LogP contribution >= 0.6 is 0 Å². The SMILES string of the molecule is C/C(=C\C=C\C(C)c1ncccn1)[C@@H](C=O)[C@@H](C)/C=C/[C@H](OC(=O)N1CCN(C)CC1)[C@@](C)(O)CC[C@H](O)CC=O. The van der Waals surface area contributed by atoms with Gasteiger partial charge >= 0.3 is 6.09 Å². The highest BCUT2D eigenvalue weighted by Gasteiger charge is 2.35. The smallest absolute Gasteiger partial charge is 0.410 e. The number of ether oxygens (including phenoxy) is 1. The van der Waals surface area contributed by atoms with Gasteiger partial charge in [-0.1, -0.05) is 43.7 Å². The summed E-state index contributed by atoms with van der Waals surface area (Å²) in [6.45, 7) is 9.78. The first kappa shape index (κ1) is 34.0. The van der Waals surface area contributed by atoms with Crippen LogP contribution in [-0.4, -0.2) is 99.7 Å². The quantitative estimate of drug-likeness (QED) is 0.185. The molecule has 41 heavy (non-hydrogen) atoms. The van der Waals surface area contributed by atoms with Gasteiger partial charge in [-0.3, -0.25) is 0 Å². The van der Waals surface area contributed by atoms with Crippen LogP contribution < -0.4 is 0 Å². The Hall–Kier alpha value is -3.21. The average Bonchev–Trinajstić information content (AvgIpc) is 2.95. The number of hydrogen-bond acceptors (Lipinski definition) is 9. The Bertz CT molecular complexity index is 1050. The summed E-state index contributed by atoms with van der Waals surface area (Å²) in [4.78, 5) is 48.1. The molecule has 0 aliphatic carbocycles. The summed E-state index contributed by atoms with van der Waals surface area (Å²) in [5, 5.41) is 21.3. The lowest BCUT2D eigenvalue weighted by Crippen LogP contribution is -2.50. The molecule has 2 rings (SSSR count). The second kappa shape index (κ2) is 16.9. The zero-order chi connectivity index (χ0) is 30.4. The normalized spacial score (nSPS) is 20.3. The van der Waals surface area contributed by atoms with Crippen molar-refractivity contribution in [3.8, 4) is 0 Å². The molecule has 1 amide bonds. The summed E-state index contributed by atoms with van der Waals surface area (Å²) in [6.07, 6.45) is 11.8. The lowest BCUT2D eigenvalue weighted by molar-refractivity contribution is -0.111. The number of carbonyl (C=O) groups excluding carboxylic acids is 3. The number of piperazine rings is 1. The predicted octanol–water partition coefficient (Wildman–Crippen LogP) is 3.32. The second-order valence-corrected chi connectivity index (χ2v) is 11.1. The van der Waals surface area contributed by atoms with Gasteiger partial charge in [-0.2, -0.15) is 0 Å². The Kier molecular flexibility index (Phi) is 14.0. The van der Waals surface area contributed by atoms with Gasteiger partial charge < -0.3 is 34.3 Å². The van der Waals surface area contributed by atoms with E-state index in [1.54, 1.807) is 42.4 Å². The number of rotatable bonds is 15. The molecule has 1 fully saturated rings. The van der Waals surface area contributed by atoms with Crippen molar-refractivity contribution in [1.82, 2.24) is 19.8 Å². The van der Waals surface area contributed by atoms with Crippen LogP contribution in [0.5, 0.6) is 0 Å². The maximum absolute atomic E-state index is 13.0. The minimum absolute atomic E-state index is 0.00952. The van der Waals surface area contributed by atoms with Crippen LogP contribution in [0.15, 0.2) is 54.4 Å². The Morgan fingerprint density at radius 2 is 1.78 bits per heavy atom. The molecule has 0 radical (unpaired) electrons. The lowest BCUT2D eigenvalue weighted by atomic mass is 9.86. The average molecular weight is 571 g/mol. The van der Waals surface area contributed by atoms with Crippen LogP contribution in [0.3, 0.4) is 0 Å². The maximum atomic E-state index is 13.0. The van der Waals surface area contributed by atoms with Crippen LogP contribution in [-0.2, 0) is 14.3 Å². The third-order valence-corrected chi connectivity index (χ3v) is 7.53. The number of carbonyl (C=O) groups is 3. The zero-order valence-electron chi connectivity index (χ0n) is 24.9. The highest BCUT2D eigenvalue weighted by Crippen LogP contribution is 2.26. The van der Waals surface area contributed by atoms with Crippen molar-refractivity contribution in [2.75, 3.05) is 33.2 Å². The van der Waals surface area contributed by atoms with Gasteiger partial charge in [0, 0.05) is 56.8 Å². The largest absolute Gasteiger partial charge is 0.439 e. The fourth-order valence-electron chi connectivity index (χ4n) is 4.53. The summed E-state index contributed by atoms with van der Waals surface area (Å²) < 4.78 is 5.79. The van der Waals surface area contributed by atoms with Crippen molar-refractivity contribution < 1.29 is 29.3 Å². The number of aromatic nitrogens is 2. The van der Waals surface area contributed by atoms with E-state index >= 15 is 0 Å². The Morgan fingerprint density at radius 3 is 2.39 bits per heavy atom. The molecule has 1 aliphatic heterocycles. The van der Waals surface area contributed by atoms with Gasteiger partial charge in [0.15, 0.2) is 6.10 Å². The van der Waals surface area contributed by atoms with E-state index in [9.17, 15) is 24.6 Å². The summed E-state index contributed by atoms with van der Waals surface area (Å²) in [6, 6.07) is 1.77. The highest BCUT2D eigenvalue weighted by atomic mass is 16.6. The van der Waals surface area contributed by atoms with Crippen molar-refractivity contribution in [2.45, 2.75) is 70.7 Å². The van der Waals surface area contributed by atoms with Crippen LogP contribution in [0.2, 0.25) is 0 Å². The molecule has 10 heteroatoms. The van der Waals surface area contributed by atoms with Crippen LogP contribution in [0, 0.1) is 11.8 Å². The Morgan fingerprint density at radius 1 is 1.12 bits per heavy atom. The molecule has 2 heterocycles. The molecule has 1 aliphatic rings. The van der Waals surface area contributed by atoms with Crippen molar-refractivity contribution in [3.63, 3.8) is 0 Å². The van der Waals surface area contributed by atoms with Crippen LogP contribution in [0.1, 0.15) is 58.7 Å². The molecule has 0 spiro atoms. The van der Waals surface area contributed by atoms with Gasteiger partial charge in [0.2, 0.25) is 0 Å². The molecule has 6 atom stereocenters. The number of aliphatic hydroxyl groups excluding tert-OH is 1. The second-order valence-electron chi connectivity index (χ2n) is 11.1. The van der Waals surface area contributed by atoms with Crippen molar-refractivity contribution in [1.29, 1.82) is 0 Å². The maximum Gasteiger partial charge on any atom is 0.410 e. The minimum atomic E-state index is -1.51. The van der Waals surface area contributed by atoms with Gasteiger partial charge in [-0.05, 0) is 51.8 Å². The fourth-order valence-corrected chi connectivity index (χ4v) is 4.53. The number of hydrogen-bond donors (Lipinski definition) is 2. The van der Waals surface area contributed by atoms with Gasteiger partial charge in [0.25, 0.3) is 0 Å². The molecule has 2 N–H and O–H groups in total. The predicted molar refractivity (Wildman–Crippen MR) is 157 cm³/mol. The van der Waals surface area contributed by atoms with Crippen LogP contribution in [0.4, 0.5) is 4.79 Å². The van der Waals surface area contributed by atoms with E-state index in [2.05, 4.69) is 14.9 Å². The van der Waals surface area contributed by atoms with E-state index < -0.39 is 29.8 Å². The van der Waals surface area contributed by atoms with Gasteiger partial charge in [0.05, 0.1) is 6.10 Å². The van der Waals surface area contributed by atoms with Gasteiger partial charge in [-0.15, -0.1) is 0 Å². The number of likely N-dealkylation sites (N-methyl/N-ethyl adjacent to an activating group) is 1. The number of amides is 1. The van der Waals surface area contributed by atoms with E-state index in [-0.39, 0.29) is 31.1 Å². The van der Waals surface area contributed by atoms with E-state index in [0.717, 1.165) is 24.9 Å². The Labute approximate surface area is 243 Å². The van der Waals surface area contributed by atoms with E-state index in [1.807, 2.05) is 46.0 Å². The molecule has 0 aromatic carbocycles. The first-order valence-electron chi connectivity index (χ1n) is 14.2. The zero-order valence-corrected chi connectivity index (χ0v) is 24.9. The monoisotopic (exact) mass is 570 g/mol. The van der Waals surface area contributed by atoms with E-state index in [0.29, 0.717) is 25.2 Å². The molecular weight excluding hydrogens is 524 g/mol. The number of allylic oxidation sites excluding steroid dienone is 5. The van der Waals surface area contributed by atoms with Crippen molar-refractivity contribution >= 4 is 18.7 Å². The molecule has 1 aromatic rings. The topological polar surface area (TPSA) is 133 Å².